The van der Waals surface area contributed by atoms with Gasteiger partial charge in [-0.05, 0) is 32.4 Å². The van der Waals surface area contributed by atoms with Gasteiger partial charge in [0.25, 0.3) is 0 Å². The van der Waals surface area contributed by atoms with Crippen molar-refractivity contribution in [3.05, 3.63) is 18.2 Å². The zero-order valence-corrected chi connectivity index (χ0v) is 12.0. The van der Waals surface area contributed by atoms with Crippen LogP contribution in [0.3, 0.4) is 0 Å². The predicted octanol–water partition coefficient (Wildman–Crippen LogP) is 2.27. The zero-order chi connectivity index (χ0) is 13.8. The van der Waals surface area contributed by atoms with Crippen LogP contribution in [0, 0.1) is 0 Å². The van der Waals surface area contributed by atoms with E-state index in [0.717, 1.165) is 30.2 Å². The topological polar surface area (TPSA) is 47.7 Å². The maximum atomic E-state index is 6.01. The molecule has 0 atom stereocenters. The molecule has 0 heterocycles. The maximum Gasteiger partial charge on any atom is 0.142 e. The van der Waals surface area contributed by atoms with Gasteiger partial charge >= 0.3 is 0 Å². The monoisotopic (exact) mass is 252 g/mol. The average molecular weight is 252 g/mol. The fourth-order valence-corrected chi connectivity index (χ4v) is 1.67. The molecule has 0 aliphatic heterocycles. The third-order valence-electron chi connectivity index (χ3n) is 2.89. The van der Waals surface area contributed by atoms with E-state index in [9.17, 15) is 0 Å². The van der Waals surface area contributed by atoms with Crippen LogP contribution in [0.2, 0.25) is 0 Å². The van der Waals surface area contributed by atoms with Crippen molar-refractivity contribution >= 4 is 5.69 Å². The van der Waals surface area contributed by atoms with Crippen LogP contribution >= 0.6 is 0 Å². The summed E-state index contributed by atoms with van der Waals surface area (Å²) in [6.45, 7) is 4.93. The van der Waals surface area contributed by atoms with Gasteiger partial charge in [0, 0.05) is 25.2 Å². The number of anilines is 1. The van der Waals surface area contributed by atoms with Crippen molar-refractivity contribution in [2.24, 2.45) is 5.73 Å². The Labute approximate surface area is 110 Å². The van der Waals surface area contributed by atoms with Gasteiger partial charge in [0.1, 0.15) is 11.5 Å². The van der Waals surface area contributed by atoms with E-state index < -0.39 is 0 Å². The van der Waals surface area contributed by atoms with Crippen LogP contribution in [-0.4, -0.2) is 33.4 Å². The van der Waals surface area contributed by atoms with E-state index in [1.165, 1.54) is 0 Å². The lowest BCUT2D eigenvalue weighted by Gasteiger charge is -2.26. The third kappa shape index (κ3) is 4.11. The molecule has 1 rings (SSSR count). The summed E-state index contributed by atoms with van der Waals surface area (Å²) in [5.74, 6) is 1.66. The minimum absolute atomic E-state index is 0.166. The molecule has 0 aliphatic carbocycles. The summed E-state index contributed by atoms with van der Waals surface area (Å²) in [5, 5.41) is 0. The Morgan fingerprint density at radius 2 is 1.89 bits per heavy atom. The Kier molecular flexibility index (Phi) is 4.84. The van der Waals surface area contributed by atoms with Crippen LogP contribution in [0.25, 0.3) is 0 Å². The SMILES string of the molecule is COc1ccc(OC)c(N(C)CCC(C)(C)N)c1. The van der Waals surface area contributed by atoms with Crippen molar-refractivity contribution in [3.8, 4) is 11.5 Å². The summed E-state index contributed by atoms with van der Waals surface area (Å²) in [6.07, 6.45) is 0.907. The number of rotatable bonds is 6. The Balaban J connectivity index is 2.85. The lowest BCUT2D eigenvalue weighted by atomic mass is 10.0. The second kappa shape index (κ2) is 5.96. The number of nitrogens with two attached hydrogens (primary N) is 1. The van der Waals surface area contributed by atoms with Crippen LogP contribution in [0.15, 0.2) is 18.2 Å². The summed E-state index contributed by atoms with van der Waals surface area (Å²) in [6, 6.07) is 5.78. The molecular formula is C14H24N2O2. The Morgan fingerprint density at radius 3 is 2.39 bits per heavy atom. The molecule has 0 spiro atoms. The fraction of sp³-hybridized carbons (Fsp3) is 0.571. The van der Waals surface area contributed by atoms with Gasteiger partial charge in [0.05, 0.1) is 19.9 Å². The van der Waals surface area contributed by atoms with Gasteiger partial charge in [0.2, 0.25) is 0 Å². The summed E-state index contributed by atoms with van der Waals surface area (Å²) >= 11 is 0. The van der Waals surface area contributed by atoms with Gasteiger partial charge in [-0.1, -0.05) is 0 Å². The highest BCUT2D eigenvalue weighted by atomic mass is 16.5. The largest absolute Gasteiger partial charge is 0.497 e. The first-order chi connectivity index (χ1) is 8.37. The van der Waals surface area contributed by atoms with Crippen molar-refractivity contribution < 1.29 is 9.47 Å². The Morgan fingerprint density at radius 1 is 1.22 bits per heavy atom. The molecule has 4 nitrogen and oxygen atoms in total. The van der Waals surface area contributed by atoms with Gasteiger partial charge in [0.15, 0.2) is 0 Å². The molecule has 1 aromatic carbocycles. The minimum atomic E-state index is -0.166. The molecule has 0 amide bonds. The molecule has 102 valence electrons. The first-order valence-electron chi connectivity index (χ1n) is 6.09. The molecule has 4 heteroatoms. The number of hydrogen-bond acceptors (Lipinski definition) is 4. The summed E-state index contributed by atoms with van der Waals surface area (Å²) < 4.78 is 10.6. The van der Waals surface area contributed by atoms with Crippen molar-refractivity contribution in [1.29, 1.82) is 0 Å². The van der Waals surface area contributed by atoms with E-state index in [0.29, 0.717) is 0 Å². The second-order valence-electron chi connectivity index (χ2n) is 5.20. The van der Waals surface area contributed by atoms with Crippen LogP contribution < -0.4 is 20.1 Å². The maximum absolute atomic E-state index is 6.01. The van der Waals surface area contributed by atoms with E-state index >= 15 is 0 Å². The highest BCUT2D eigenvalue weighted by Gasteiger charge is 2.14. The highest BCUT2D eigenvalue weighted by molar-refractivity contribution is 5.61. The average Bonchev–Trinajstić information content (AvgIpc) is 2.34. The van der Waals surface area contributed by atoms with E-state index in [1.54, 1.807) is 14.2 Å². The molecule has 0 saturated carbocycles. The Hall–Kier alpha value is -1.42. The van der Waals surface area contributed by atoms with E-state index in [4.69, 9.17) is 15.2 Å². The number of methoxy groups -OCH3 is 2. The van der Waals surface area contributed by atoms with Crippen molar-refractivity contribution in [2.45, 2.75) is 25.8 Å². The molecule has 0 unspecified atom stereocenters. The van der Waals surface area contributed by atoms with Gasteiger partial charge in [-0.2, -0.15) is 0 Å². The normalized spacial score (nSPS) is 11.2. The fourth-order valence-electron chi connectivity index (χ4n) is 1.67. The molecule has 2 N–H and O–H groups in total. The third-order valence-corrected chi connectivity index (χ3v) is 2.89. The standard InChI is InChI=1S/C14H24N2O2/c1-14(2,15)8-9-16(3)12-10-11(17-4)6-7-13(12)18-5/h6-7,10H,8-9,15H2,1-5H3. The van der Waals surface area contributed by atoms with E-state index in [-0.39, 0.29) is 5.54 Å². The molecule has 1 aromatic rings. The molecule has 0 fully saturated rings. The highest BCUT2D eigenvalue weighted by Crippen LogP contribution is 2.31. The van der Waals surface area contributed by atoms with Crippen LogP contribution in [0.1, 0.15) is 20.3 Å². The first-order valence-corrected chi connectivity index (χ1v) is 6.09. The van der Waals surface area contributed by atoms with Crippen LogP contribution in [0.4, 0.5) is 5.69 Å². The first kappa shape index (κ1) is 14.6. The van der Waals surface area contributed by atoms with Crippen LogP contribution in [-0.2, 0) is 0 Å². The predicted molar refractivity (Wildman–Crippen MR) is 75.7 cm³/mol. The lowest BCUT2D eigenvalue weighted by molar-refractivity contribution is 0.402. The smallest absolute Gasteiger partial charge is 0.142 e. The molecule has 0 aromatic heterocycles. The molecular weight excluding hydrogens is 228 g/mol. The summed E-state index contributed by atoms with van der Waals surface area (Å²) in [4.78, 5) is 2.13. The van der Waals surface area contributed by atoms with Gasteiger partial charge in [-0.3, -0.25) is 0 Å². The quantitative estimate of drug-likeness (QED) is 0.843. The van der Waals surface area contributed by atoms with Gasteiger partial charge < -0.3 is 20.1 Å². The minimum Gasteiger partial charge on any atom is -0.497 e. The Bertz CT molecular complexity index is 386. The number of hydrogen-bond donors (Lipinski definition) is 1. The second-order valence-corrected chi connectivity index (χ2v) is 5.20. The number of ether oxygens (including phenoxy) is 2. The van der Waals surface area contributed by atoms with Crippen LogP contribution in [0.5, 0.6) is 11.5 Å². The van der Waals surface area contributed by atoms with Gasteiger partial charge in [-0.25, -0.2) is 0 Å². The van der Waals surface area contributed by atoms with Gasteiger partial charge in [-0.15, -0.1) is 0 Å². The zero-order valence-electron chi connectivity index (χ0n) is 12.0. The van der Waals surface area contributed by atoms with E-state index in [1.807, 2.05) is 39.1 Å². The number of benzene rings is 1. The number of nitrogens with zero attached hydrogens (tertiary/aromatic N) is 1. The summed E-state index contributed by atoms with van der Waals surface area (Å²) in [7, 11) is 5.36. The molecule has 0 bridgehead atoms. The lowest BCUT2D eigenvalue weighted by Crippen LogP contribution is -2.36. The summed E-state index contributed by atoms with van der Waals surface area (Å²) in [5.41, 5.74) is 6.85. The van der Waals surface area contributed by atoms with Crippen molar-refractivity contribution in [2.75, 3.05) is 32.7 Å². The molecule has 0 radical (unpaired) electrons. The molecule has 18 heavy (non-hydrogen) atoms. The van der Waals surface area contributed by atoms with E-state index in [2.05, 4.69) is 4.90 Å². The molecule has 0 saturated heterocycles. The molecule has 0 aliphatic rings. The van der Waals surface area contributed by atoms with Crippen molar-refractivity contribution in [1.82, 2.24) is 0 Å². The van der Waals surface area contributed by atoms with Crippen molar-refractivity contribution in [3.63, 3.8) is 0 Å².